The van der Waals surface area contributed by atoms with E-state index in [0.717, 1.165) is 26.7 Å². The van der Waals surface area contributed by atoms with Gasteiger partial charge in [-0.05, 0) is 56.7 Å². The van der Waals surface area contributed by atoms with Gasteiger partial charge in [0.2, 0.25) is 0 Å². The summed E-state index contributed by atoms with van der Waals surface area (Å²) < 4.78 is 5.80. The number of aryl methyl sites for hydroxylation is 2. The molecule has 3 aromatic rings. The van der Waals surface area contributed by atoms with Crippen LogP contribution in [0.25, 0.3) is 11.3 Å². The molecule has 1 atom stereocenters. The summed E-state index contributed by atoms with van der Waals surface area (Å²) in [5.74, 6) is -0.535. The monoisotopic (exact) mass is 408 g/mol. The van der Waals surface area contributed by atoms with Crippen LogP contribution in [0.5, 0.6) is 5.75 Å². The molecule has 1 amide bonds. The van der Waals surface area contributed by atoms with Crippen LogP contribution in [0.4, 0.5) is 5.69 Å². The molecular formula is C22H20N2O4S. The molecule has 4 rings (SSSR count). The molecule has 0 saturated carbocycles. The molecule has 1 aliphatic heterocycles. The predicted molar refractivity (Wildman–Crippen MR) is 112 cm³/mol. The smallest absolute Gasteiger partial charge is 0.335 e. The fourth-order valence-corrected chi connectivity index (χ4v) is 4.34. The Morgan fingerprint density at radius 2 is 2.03 bits per heavy atom. The van der Waals surface area contributed by atoms with E-state index in [1.807, 2.05) is 38.1 Å². The van der Waals surface area contributed by atoms with Crippen LogP contribution in [0.3, 0.4) is 0 Å². The number of aromatic carboxylic acids is 1. The first-order chi connectivity index (χ1) is 13.8. The minimum Gasteiger partial charge on any atom is -0.479 e. The van der Waals surface area contributed by atoms with Gasteiger partial charge in [-0.15, -0.1) is 11.3 Å². The molecule has 0 saturated heterocycles. The molecule has 7 heteroatoms. The van der Waals surface area contributed by atoms with Crippen molar-refractivity contribution in [2.45, 2.75) is 33.4 Å². The lowest BCUT2D eigenvalue weighted by molar-refractivity contribution is -0.125. The SMILES string of the molecule is Cc1nc(-c2ccc3c(c2)N(Cc2cccc(C(=O)O)c2)C(=O)C(C)O3)c(C)s1. The summed E-state index contributed by atoms with van der Waals surface area (Å²) in [6, 6.07) is 12.4. The van der Waals surface area contributed by atoms with Gasteiger partial charge in [-0.25, -0.2) is 9.78 Å². The molecule has 0 radical (unpaired) electrons. The number of hydrogen-bond acceptors (Lipinski definition) is 5. The maximum Gasteiger partial charge on any atom is 0.335 e. The van der Waals surface area contributed by atoms with E-state index in [0.29, 0.717) is 11.4 Å². The molecule has 6 nitrogen and oxygen atoms in total. The highest BCUT2D eigenvalue weighted by atomic mass is 32.1. The van der Waals surface area contributed by atoms with Crippen molar-refractivity contribution in [3.05, 3.63) is 63.5 Å². The molecule has 0 aliphatic carbocycles. The summed E-state index contributed by atoms with van der Waals surface area (Å²) in [6.45, 7) is 5.97. The van der Waals surface area contributed by atoms with Crippen LogP contribution in [0.1, 0.15) is 32.7 Å². The molecule has 1 aliphatic rings. The highest BCUT2D eigenvalue weighted by Crippen LogP contribution is 2.39. The number of carbonyl (C=O) groups excluding carboxylic acids is 1. The van der Waals surface area contributed by atoms with E-state index in [1.165, 1.54) is 6.07 Å². The van der Waals surface area contributed by atoms with Crippen molar-refractivity contribution in [3.8, 4) is 17.0 Å². The zero-order chi connectivity index (χ0) is 20.7. The third kappa shape index (κ3) is 3.61. The van der Waals surface area contributed by atoms with Gasteiger partial charge in [0.25, 0.3) is 5.91 Å². The molecular weight excluding hydrogens is 388 g/mol. The third-order valence-corrected chi connectivity index (χ3v) is 5.75. The molecule has 29 heavy (non-hydrogen) atoms. The highest BCUT2D eigenvalue weighted by molar-refractivity contribution is 7.11. The Kier molecular flexibility index (Phi) is 4.84. The van der Waals surface area contributed by atoms with Gasteiger partial charge in [0, 0.05) is 10.4 Å². The third-order valence-electron chi connectivity index (χ3n) is 4.86. The molecule has 148 valence electrons. The zero-order valence-electron chi connectivity index (χ0n) is 16.3. The van der Waals surface area contributed by atoms with Gasteiger partial charge in [-0.2, -0.15) is 0 Å². The van der Waals surface area contributed by atoms with Crippen LogP contribution in [0.15, 0.2) is 42.5 Å². The molecule has 2 aromatic carbocycles. The maximum atomic E-state index is 12.9. The Morgan fingerprint density at radius 1 is 1.24 bits per heavy atom. The predicted octanol–water partition coefficient (Wildman–Crippen LogP) is 4.44. The number of amides is 1. The average Bonchev–Trinajstić information content (AvgIpc) is 3.03. The fourth-order valence-electron chi connectivity index (χ4n) is 3.50. The summed E-state index contributed by atoms with van der Waals surface area (Å²) >= 11 is 1.63. The first-order valence-corrected chi connectivity index (χ1v) is 10.0. The first kappa shape index (κ1) is 19.1. The van der Waals surface area contributed by atoms with E-state index in [-0.39, 0.29) is 18.0 Å². The fraction of sp³-hybridized carbons (Fsp3) is 0.227. The van der Waals surface area contributed by atoms with E-state index in [4.69, 9.17) is 4.74 Å². The van der Waals surface area contributed by atoms with Crippen molar-refractivity contribution in [2.75, 3.05) is 4.90 Å². The van der Waals surface area contributed by atoms with Crippen molar-refractivity contribution in [2.24, 2.45) is 0 Å². The first-order valence-electron chi connectivity index (χ1n) is 9.22. The zero-order valence-corrected chi connectivity index (χ0v) is 17.1. The largest absolute Gasteiger partial charge is 0.479 e. The number of carboxylic acids is 1. The van der Waals surface area contributed by atoms with Gasteiger partial charge in [-0.3, -0.25) is 4.79 Å². The number of aromatic nitrogens is 1. The number of anilines is 1. The van der Waals surface area contributed by atoms with Crippen LogP contribution in [-0.4, -0.2) is 28.1 Å². The number of ether oxygens (including phenoxy) is 1. The van der Waals surface area contributed by atoms with Crippen molar-refractivity contribution >= 4 is 28.9 Å². The van der Waals surface area contributed by atoms with Crippen molar-refractivity contribution in [1.29, 1.82) is 0 Å². The van der Waals surface area contributed by atoms with Crippen LogP contribution in [0, 0.1) is 13.8 Å². The Morgan fingerprint density at radius 3 is 2.72 bits per heavy atom. The highest BCUT2D eigenvalue weighted by Gasteiger charge is 2.32. The van der Waals surface area contributed by atoms with Crippen LogP contribution in [-0.2, 0) is 11.3 Å². The maximum absolute atomic E-state index is 12.9. The van der Waals surface area contributed by atoms with Crippen LogP contribution < -0.4 is 9.64 Å². The van der Waals surface area contributed by atoms with E-state index in [1.54, 1.807) is 35.3 Å². The minimum atomic E-state index is -0.995. The standard InChI is InChI=1S/C22H20N2O4S/c1-12-21(25)24(11-15-5-4-6-17(9-15)22(26)27)18-10-16(7-8-19(18)28-12)20-13(2)29-14(3)23-20/h4-10,12H,11H2,1-3H3,(H,26,27). The van der Waals surface area contributed by atoms with Crippen LogP contribution >= 0.6 is 11.3 Å². The number of carbonyl (C=O) groups is 2. The van der Waals surface area contributed by atoms with Crippen molar-refractivity contribution < 1.29 is 19.4 Å². The van der Waals surface area contributed by atoms with E-state index >= 15 is 0 Å². The van der Waals surface area contributed by atoms with Crippen molar-refractivity contribution in [3.63, 3.8) is 0 Å². The quantitative estimate of drug-likeness (QED) is 0.690. The number of rotatable bonds is 4. The molecule has 1 aromatic heterocycles. The summed E-state index contributed by atoms with van der Waals surface area (Å²) in [4.78, 5) is 31.6. The van der Waals surface area contributed by atoms with E-state index in [9.17, 15) is 14.7 Å². The number of carboxylic acid groups (broad SMARTS) is 1. The summed E-state index contributed by atoms with van der Waals surface area (Å²) in [5, 5.41) is 10.2. The van der Waals surface area contributed by atoms with Gasteiger partial charge in [0.15, 0.2) is 6.10 Å². The van der Waals surface area contributed by atoms with Gasteiger partial charge < -0.3 is 14.7 Å². The number of fused-ring (bicyclic) bond motifs is 1. The van der Waals surface area contributed by atoms with Gasteiger partial charge >= 0.3 is 5.97 Å². The lowest BCUT2D eigenvalue weighted by Gasteiger charge is -2.33. The molecule has 0 spiro atoms. The van der Waals surface area contributed by atoms with Gasteiger partial charge in [0.1, 0.15) is 5.75 Å². The Hall–Kier alpha value is -3.19. The topological polar surface area (TPSA) is 79.7 Å². The Labute approximate surface area is 172 Å². The normalized spacial score (nSPS) is 15.8. The number of thiazole rings is 1. The second-order valence-corrected chi connectivity index (χ2v) is 8.42. The van der Waals surface area contributed by atoms with Gasteiger partial charge in [-0.1, -0.05) is 12.1 Å². The number of nitrogens with zero attached hydrogens (tertiary/aromatic N) is 2. The molecule has 1 N–H and O–H groups in total. The Bertz CT molecular complexity index is 1120. The van der Waals surface area contributed by atoms with Gasteiger partial charge in [0.05, 0.1) is 28.5 Å². The second kappa shape index (κ2) is 7.33. The van der Waals surface area contributed by atoms with Crippen LogP contribution in [0.2, 0.25) is 0 Å². The summed E-state index contributed by atoms with van der Waals surface area (Å²) in [7, 11) is 0. The molecule has 2 heterocycles. The lowest BCUT2D eigenvalue weighted by Crippen LogP contribution is -2.44. The van der Waals surface area contributed by atoms with Crippen molar-refractivity contribution in [1.82, 2.24) is 4.98 Å². The molecule has 0 fully saturated rings. The number of hydrogen-bond donors (Lipinski definition) is 1. The minimum absolute atomic E-state index is 0.165. The average molecular weight is 408 g/mol. The lowest BCUT2D eigenvalue weighted by atomic mass is 10.1. The molecule has 0 bridgehead atoms. The van der Waals surface area contributed by atoms with E-state index in [2.05, 4.69) is 4.98 Å². The second-order valence-electron chi connectivity index (χ2n) is 7.01. The Balaban J connectivity index is 1.76. The number of benzene rings is 2. The van der Waals surface area contributed by atoms with E-state index < -0.39 is 12.1 Å². The molecule has 1 unspecified atom stereocenters. The summed E-state index contributed by atoms with van der Waals surface area (Å²) in [5.41, 5.74) is 3.41. The summed E-state index contributed by atoms with van der Waals surface area (Å²) in [6.07, 6.45) is -0.612.